The highest BCUT2D eigenvalue weighted by molar-refractivity contribution is 5.13. The topological polar surface area (TPSA) is 30.7 Å². The summed E-state index contributed by atoms with van der Waals surface area (Å²) in [7, 11) is 0. The third kappa shape index (κ3) is 1.57. The fraction of sp³-hybridized carbons (Fsp3) is 0.600. The first-order valence-corrected chi connectivity index (χ1v) is 4.76. The van der Waals surface area contributed by atoms with Crippen molar-refractivity contribution >= 4 is 0 Å². The van der Waals surface area contributed by atoms with Gasteiger partial charge in [-0.1, -0.05) is 17.6 Å². The lowest BCUT2D eigenvalue weighted by molar-refractivity contribution is 0.613. The Kier molecular flexibility index (Phi) is 2.31. The van der Waals surface area contributed by atoms with Crippen LogP contribution in [0.1, 0.15) is 30.7 Å². The van der Waals surface area contributed by atoms with E-state index in [9.17, 15) is 0 Å². The molecular formula is C10H13N3. The normalized spacial score (nSPS) is 15.9. The minimum atomic E-state index is 0.558. The van der Waals surface area contributed by atoms with E-state index in [1.165, 1.54) is 25.0 Å². The third-order valence-electron chi connectivity index (χ3n) is 2.49. The number of rotatable bonds is 1. The summed E-state index contributed by atoms with van der Waals surface area (Å²) < 4.78 is 1.86. The number of fused-ring (bicyclic) bond motifs is 1. The van der Waals surface area contributed by atoms with Crippen LogP contribution in [0.15, 0.2) is 0 Å². The summed E-state index contributed by atoms with van der Waals surface area (Å²) in [4.78, 5) is 0. The maximum Gasteiger partial charge on any atom is 0.103 e. The predicted octanol–water partition coefficient (Wildman–Crippen LogP) is 1.18. The Morgan fingerprint density at radius 1 is 1.31 bits per heavy atom. The van der Waals surface area contributed by atoms with Crippen molar-refractivity contribution in [2.75, 3.05) is 0 Å². The van der Waals surface area contributed by atoms with Gasteiger partial charge < -0.3 is 0 Å². The molecule has 0 saturated carbocycles. The van der Waals surface area contributed by atoms with E-state index in [4.69, 9.17) is 6.42 Å². The highest BCUT2D eigenvalue weighted by Gasteiger charge is 2.14. The first-order valence-electron chi connectivity index (χ1n) is 4.76. The predicted molar refractivity (Wildman–Crippen MR) is 50.1 cm³/mol. The lowest BCUT2D eigenvalue weighted by Crippen LogP contribution is -2.04. The second-order valence-electron chi connectivity index (χ2n) is 3.41. The number of aromatic nitrogens is 3. The number of terminal acetylenes is 1. The molecule has 3 heteroatoms. The Balaban J connectivity index is 2.29. The Morgan fingerprint density at radius 2 is 2.15 bits per heavy atom. The van der Waals surface area contributed by atoms with Gasteiger partial charge in [0.25, 0.3) is 0 Å². The largest absolute Gasteiger partial charge is 0.237 e. The quantitative estimate of drug-likeness (QED) is 0.474. The van der Waals surface area contributed by atoms with E-state index in [1.807, 2.05) is 4.68 Å². The van der Waals surface area contributed by atoms with E-state index in [2.05, 4.69) is 16.2 Å². The molecule has 0 bridgehead atoms. The third-order valence-corrected chi connectivity index (χ3v) is 2.49. The number of nitrogens with zero attached hydrogens (tertiary/aromatic N) is 3. The van der Waals surface area contributed by atoms with Crippen molar-refractivity contribution in [3.05, 3.63) is 11.4 Å². The van der Waals surface area contributed by atoms with Gasteiger partial charge >= 0.3 is 0 Å². The van der Waals surface area contributed by atoms with Gasteiger partial charge in [-0.15, -0.1) is 11.5 Å². The first kappa shape index (κ1) is 8.31. The van der Waals surface area contributed by atoms with Crippen LogP contribution in [0.4, 0.5) is 0 Å². The zero-order valence-corrected chi connectivity index (χ0v) is 7.66. The highest BCUT2D eigenvalue weighted by atomic mass is 15.4. The molecule has 0 N–H and O–H groups in total. The van der Waals surface area contributed by atoms with Gasteiger partial charge in [-0.25, -0.2) is 4.68 Å². The van der Waals surface area contributed by atoms with E-state index < -0.39 is 0 Å². The van der Waals surface area contributed by atoms with Gasteiger partial charge in [0, 0.05) is 0 Å². The Hall–Kier alpha value is -1.30. The number of hydrogen-bond donors (Lipinski definition) is 0. The second-order valence-corrected chi connectivity index (χ2v) is 3.41. The van der Waals surface area contributed by atoms with Gasteiger partial charge in [0.05, 0.1) is 11.4 Å². The average molecular weight is 175 g/mol. The standard InChI is InChI=1S/C10H13N3/c1-2-8-13-10-7-5-3-4-6-9(10)11-12-13/h1H,3-8H2. The van der Waals surface area contributed by atoms with Crippen LogP contribution in [0.3, 0.4) is 0 Å². The van der Waals surface area contributed by atoms with Crippen molar-refractivity contribution in [2.45, 2.75) is 38.6 Å². The summed E-state index contributed by atoms with van der Waals surface area (Å²) in [6.45, 7) is 0.558. The molecule has 0 aromatic carbocycles. The molecule has 1 aliphatic rings. The molecule has 1 aromatic rings. The van der Waals surface area contributed by atoms with Crippen LogP contribution in [-0.2, 0) is 19.4 Å². The van der Waals surface area contributed by atoms with Gasteiger partial charge in [-0.2, -0.15) is 0 Å². The average Bonchev–Trinajstić information content (AvgIpc) is 2.38. The molecule has 0 fully saturated rings. The summed E-state index contributed by atoms with van der Waals surface area (Å²) >= 11 is 0. The molecule has 0 atom stereocenters. The van der Waals surface area contributed by atoms with Crippen molar-refractivity contribution in [2.24, 2.45) is 0 Å². The van der Waals surface area contributed by atoms with Crippen LogP contribution in [0.25, 0.3) is 0 Å². The smallest absolute Gasteiger partial charge is 0.103 e. The lowest BCUT2D eigenvalue weighted by atomic mass is 10.2. The van der Waals surface area contributed by atoms with E-state index in [-0.39, 0.29) is 0 Å². The minimum Gasteiger partial charge on any atom is -0.237 e. The van der Waals surface area contributed by atoms with E-state index in [1.54, 1.807) is 0 Å². The van der Waals surface area contributed by atoms with Crippen molar-refractivity contribution in [1.29, 1.82) is 0 Å². The maximum absolute atomic E-state index is 5.25. The highest BCUT2D eigenvalue weighted by Crippen LogP contribution is 2.17. The van der Waals surface area contributed by atoms with Crippen LogP contribution >= 0.6 is 0 Å². The van der Waals surface area contributed by atoms with Gasteiger partial charge in [-0.05, 0) is 25.7 Å². The molecule has 0 aliphatic heterocycles. The van der Waals surface area contributed by atoms with Gasteiger partial charge in [0.1, 0.15) is 6.54 Å². The summed E-state index contributed by atoms with van der Waals surface area (Å²) in [6.07, 6.45) is 11.2. The van der Waals surface area contributed by atoms with Crippen LogP contribution in [-0.4, -0.2) is 15.0 Å². The fourth-order valence-corrected chi connectivity index (χ4v) is 1.81. The Morgan fingerprint density at radius 3 is 3.00 bits per heavy atom. The second kappa shape index (κ2) is 3.61. The van der Waals surface area contributed by atoms with E-state index in [0.717, 1.165) is 18.5 Å². The first-order chi connectivity index (χ1) is 6.42. The molecule has 68 valence electrons. The number of hydrogen-bond acceptors (Lipinski definition) is 2. The molecule has 3 nitrogen and oxygen atoms in total. The van der Waals surface area contributed by atoms with Gasteiger partial charge in [0.2, 0.25) is 0 Å². The Bertz CT molecular complexity index is 332. The molecule has 13 heavy (non-hydrogen) atoms. The number of aryl methyl sites for hydroxylation is 1. The monoisotopic (exact) mass is 175 g/mol. The van der Waals surface area contributed by atoms with Crippen molar-refractivity contribution in [3.8, 4) is 12.3 Å². The summed E-state index contributed by atoms with van der Waals surface area (Å²) in [5.74, 6) is 2.60. The molecule has 1 aromatic heterocycles. The maximum atomic E-state index is 5.25. The molecule has 2 rings (SSSR count). The van der Waals surface area contributed by atoms with Crippen LogP contribution in [0.5, 0.6) is 0 Å². The SMILES string of the molecule is C#CCn1nnc2c1CCCCC2. The summed E-state index contributed by atoms with van der Waals surface area (Å²) in [5, 5.41) is 8.21. The lowest BCUT2D eigenvalue weighted by Gasteiger charge is -2.00. The summed E-state index contributed by atoms with van der Waals surface area (Å²) in [5.41, 5.74) is 2.42. The molecule has 1 heterocycles. The molecular weight excluding hydrogens is 162 g/mol. The molecule has 0 saturated heterocycles. The van der Waals surface area contributed by atoms with Gasteiger partial charge in [-0.3, -0.25) is 0 Å². The fourth-order valence-electron chi connectivity index (χ4n) is 1.81. The zero-order chi connectivity index (χ0) is 9.10. The van der Waals surface area contributed by atoms with Gasteiger partial charge in [0.15, 0.2) is 0 Å². The van der Waals surface area contributed by atoms with Crippen LogP contribution in [0, 0.1) is 12.3 Å². The van der Waals surface area contributed by atoms with E-state index >= 15 is 0 Å². The van der Waals surface area contributed by atoms with Crippen LogP contribution < -0.4 is 0 Å². The van der Waals surface area contributed by atoms with E-state index in [0.29, 0.717) is 6.54 Å². The molecule has 0 radical (unpaired) electrons. The molecule has 0 unspecified atom stereocenters. The van der Waals surface area contributed by atoms with Crippen molar-refractivity contribution < 1.29 is 0 Å². The Labute approximate surface area is 78.1 Å². The molecule has 0 spiro atoms. The molecule has 1 aliphatic carbocycles. The summed E-state index contributed by atoms with van der Waals surface area (Å²) in [6, 6.07) is 0. The zero-order valence-electron chi connectivity index (χ0n) is 7.66. The van der Waals surface area contributed by atoms with Crippen molar-refractivity contribution in [3.63, 3.8) is 0 Å². The molecule has 0 amide bonds. The minimum absolute atomic E-state index is 0.558. The van der Waals surface area contributed by atoms with Crippen molar-refractivity contribution in [1.82, 2.24) is 15.0 Å². The van der Waals surface area contributed by atoms with Crippen LogP contribution in [0.2, 0.25) is 0 Å².